The molecule has 3 rings (SSSR count). The Morgan fingerprint density at radius 2 is 1.81 bits per heavy atom. The van der Waals surface area contributed by atoms with Crippen molar-refractivity contribution in [2.75, 3.05) is 7.11 Å². The van der Waals surface area contributed by atoms with E-state index in [1.165, 1.54) is 24.3 Å². The van der Waals surface area contributed by atoms with Gasteiger partial charge < -0.3 is 9.30 Å². The van der Waals surface area contributed by atoms with Gasteiger partial charge in [0.05, 0.1) is 12.9 Å². The molecule has 1 heterocycles. The largest absolute Gasteiger partial charge is 0.497 e. The summed E-state index contributed by atoms with van der Waals surface area (Å²) in [5.74, 6) is 0.562. The van der Waals surface area contributed by atoms with Gasteiger partial charge in [-0.2, -0.15) is 4.72 Å². The first-order chi connectivity index (χ1) is 12.9. The topological polar surface area (TPSA) is 73.2 Å². The van der Waals surface area contributed by atoms with E-state index in [1.807, 2.05) is 0 Å². The second kappa shape index (κ2) is 7.89. The molecule has 6 nitrogen and oxygen atoms in total. The molecule has 27 heavy (non-hydrogen) atoms. The van der Waals surface area contributed by atoms with Crippen LogP contribution in [0.15, 0.2) is 60.9 Å². The Morgan fingerprint density at radius 3 is 2.37 bits per heavy atom. The van der Waals surface area contributed by atoms with Gasteiger partial charge in [-0.1, -0.05) is 24.3 Å². The SMILES string of the molecule is COc1ccc(C(NS(=O)(=O)Cc2ccc(F)cc2)c2nccn2C)cc1. The van der Waals surface area contributed by atoms with Gasteiger partial charge in [-0.3, -0.25) is 0 Å². The molecule has 0 spiro atoms. The van der Waals surface area contributed by atoms with Gasteiger partial charge >= 0.3 is 0 Å². The van der Waals surface area contributed by atoms with Crippen LogP contribution in [-0.4, -0.2) is 25.1 Å². The van der Waals surface area contributed by atoms with E-state index < -0.39 is 21.9 Å². The van der Waals surface area contributed by atoms with E-state index in [4.69, 9.17) is 4.74 Å². The zero-order valence-corrected chi connectivity index (χ0v) is 15.8. The van der Waals surface area contributed by atoms with Crippen molar-refractivity contribution in [2.24, 2.45) is 7.05 Å². The Balaban J connectivity index is 1.90. The molecule has 0 saturated carbocycles. The van der Waals surface area contributed by atoms with Crippen molar-refractivity contribution in [2.45, 2.75) is 11.8 Å². The van der Waals surface area contributed by atoms with Crippen LogP contribution in [0.2, 0.25) is 0 Å². The first-order valence-corrected chi connectivity index (χ1v) is 9.89. The molecular formula is C19H20FN3O3S. The molecule has 0 saturated heterocycles. The standard InChI is InChI=1S/C19H20FN3O3S/c1-23-12-11-21-19(23)18(15-5-9-17(26-2)10-6-15)22-27(24,25)13-14-3-7-16(20)8-4-14/h3-12,18,22H,13H2,1-2H3. The molecule has 0 aliphatic heterocycles. The lowest BCUT2D eigenvalue weighted by molar-refractivity contribution is 0.414. The van der Waals surface area contributed by atoms with E-state index in [2.05, 4.69) is 9.71 Å². The molecule has 142 valence electrons. The fraction of sp³-hybridized carbons (Fsp3) is 0.211. The fourth-order valence-electron chi connectivity index (χ4n) is 2.74. The highest BCUT2D eigenvalue weighted by Crippen LogP contribution is 2.24. The second-order valence-corrected chi connectivity index (χ2v) is 7.86. The van der Waals surface area contributed by atoms with Crippen molar-refractivity contribution in [1.29, 1.82) is 0 Å². The predicted molar refractivity (Wildman–Crippen MR) is 100 cm³/mol. The monoisotopic (exact) mass is 389 g/mol. The van der Waals surface area contributed by atoms with Crippen molar-refractivity contribution < 1.29 is 17.5 Å². The van der Waals surface area contributed by atoms with Crippen LogP contribution >= 0.6 is 0 Å². The highest BCUT2D eigenvalue weighted by molar-refractivity contribution is 7.88. The summed E-state index contributed by atoms with van der Waals surface area (Å²) in [7, 11) is -0.346. The predicted octanol–water partition coefficient (Wildman–Crippen LogP) is 2.78. The minimum atomic E-state index is -3.71. The fourth-order valence-corrected chi connectivity index (χ4v) is 4.06. The lowest BCUT2D eigenvalue weighted by Crippen LogP contribution is -2.32. The molecule has 1 unspecified atom stereocenters. The van der Waals surface area contributed by atoms with E-state index in [-0.39, 0.29) is 5.75 Å². The summed E-state index contributed by atoms with van der Waals surface area (Å²) >= 11 is 0. The normalized spacial score (nSPS) is 12.7. The van der Waals surface area contributed by atoms with E-state index in [9.17, 15) is 12.8 Å². The van der Waals surface area contributed by atoms with Crippen LogP contribution in [0.3, 0.4) is 0 Å². The van der Waals surface area contributed by atoms with Crippen molar-refractivity contribution in [3.8, 4) is 5.75 Å². The summed E-state index contributed by atoms with van der Waals surface area (Å²) in [5, 5.41) is 0. The van der Waals surface area contributed by atoms with Gasteiger partial charge in [0.15, 0.2) is 0 Å². The third kappa shape index (κ3) is 4.72. The maximum atomic E-state index is 13.1. The number of nitrogens with zero attached hydrogens (tertiary/aromatic N) is 2. The van der Waals surface area contributed by atoms with Crippen LogP contribution < -0.4 is 9.46 Å². The Kier molecular flexibility index (Phi) is 5.57. The minimum Gasteiger partial charge on any atom is -0.497 e. The number of aromatic nitrogens is 2. The van der Waals surface area contributed by atoms with Gasteiger partial charge in [-0.25, -0.2) is 17.8 Å². The molecule has 1 aromatic heterocycles. The van der Waals surface area contributed by atoms with Gasteiger partial charge in [0.25, 0.3) is 0 Å². The van der Waals surface area contributed by atoms with Crippen molar-refractivity contribution in [3.05, 3.63) is 83.7 Å². The highest BCUT2D eigenvalue weighted by Gasteiger charge is 2.24. The number of hydrogen-bond acceptors (Lipinski definition) is 4. The molecule has 0 amide bonds. The van der Waals surface area contributed by atoms with Gasteiger partial charge in [0.1, 0.15) is 23.4 Å². The Labute approximate surface area is 157 Å². The smallest absolute Gasteiger partial charge is 0.216 e. The number of nitrogens with one attached hydrogen (secondary N) is 1. The number of aryl methyl sites for hydroxylation is 1. The van der Waals surface area contributed by atoms with Gasteiger partial charge in [0.2, 0.25) is 10.0 Å². The highest BCUT2D eigenvalue weighted by atomic mass is 32.2. The van der Waals surface area contributed by atoms with Crippen LogP contribution in [0.5, 0.6) is 5.75 Å². The van der Waals surface area contributed by atoms with Crippen LogP contribution in [0, 0.1) is 5.82 Å². The zero-order valence-electron chi connectivity index (χ0n) is 15.0. The maximum absolute atomic E-state index is 13.1. The number of hydrogen-bond donors (Lipinski definition) is 1. The quantitative estimate of drug-likeness (QED) is 0.674. The summed E-state index contributed by atoms with van der Waals surface area (Å²) in [6, 6.07) is 11.8. The summed E-state index contributed by atoms with van der Waals surface area (Å²) in [5.41, 5.74) is 1.23. The van der Waals surface area contributed by atoms with Crippen molar-refractivity contribution in [1.82, 2.24) is 14.3 Å². The molecule has 0 radical (unpaired) electrons. The number of rotatable bonds is 7. The Morgan fingerprint density at radius 1 is 1.15 bits per heavy atom. The third-order valence-electron chi connectivity index (χ3n) is 4.13. The molecule has 2 aromatic carbocycles. The number of sulfonamides is 1. The third-order valence-corrected chi connectivity index (χ3v) is 5.44. The number of ether oxygens (including phenoxy) is 1. The summed E-state index contributed by atoms with van der Waals surface area (Å²) in [6.45, 7) is 0. The maximum Gasteiger partial charge on any atom is 0.216 e. The average Bonchev–Trinajstić information content (AvgIpc) is 3.07. The van der Waals surface area contributed by atoms with E-state index >= 15 is 0 Å². The van der Waals surface area contributed by atoms with Gasteiger partial charge in [-0.05, 0) is 35.4 Å². The van der Waals surface area contributed by atoms with E-state index in [0.717, 1.165) is 5.56 Å². The average molecular weight is 389 g/mol. The molecule has 3 aromatic rings. The molecule has 1 atom stereocenters. The molecule has 0 aliphatic rings. The van der Waals surface area contributed by atoms with Gasteiger partial charge in [-0.15, -0.1) is 0 Å². The summed E-state index contributed by atoms with van der Waals surface area (Å²) in [4.78, 5) is 4.29. The van der Waals surface area contributed by atoms with Crippen LogP contribution in [0.25, 0.3) is 0 Å². The van der Waals surface area contributed by atoms with Crippen LogP contribution in [0.1, 0.15) is 23.0 Å². The Bertz CT molecular complexity index is 999. The Hall–Kier alpha value is -2.71. The van der Waals surface area contributed by atoms with E-state index in [1.54, 1.807) is 55.4 Å². The summed E-state index contributed by atoms with van der Waals surface area (Å²) in [6.07, 6.45) is 3.36. The first kappa shape index (κ1) is 19.1. The number of imidazole rings is 1. The van der Waals surface area contributed by atoms with Crippen LogP contribution in [-0.2, 0) is 22.8 Å². The number of benzene rings is 2. The summed E-state index contributed by atoms with van der Waals surface area (Å²) < 4.78 is 48.1. The number of methoxy groups -OCH3 is 1. The number of halogens is 1. The van der Waals surface area contributed by atoms with Crippen LogP contribution in [0.4, 0.5) is 4.39 Å². The molecule has 0 aliphatic carbocycles. The molecule has 8 heteroatoms. The minimum absolute atomic E-state index is 0.260. The van der Waals surface area contributed by atoms with Crippen molar-refractivity contribution in [3.63, 3.8) is 0 Å². The first-order valence-electron chi connectivity index (χ1n) is 8.23. The van der Waals surface area contributed by atoms with Gasteiger partial charge in [0, 0.05) is 19.4 Å². The van der Waals surface area contributed by atoms with Crippen molar-refractivity contribution >= 4 is 10.0 Å². The molecule has 1 N–H and O–H groups in total. The van der Waals surface area contributed by atoms with E-state index in [0.29, 0.717) is 17.1 Å². The lowest BCUT2D eigenvalue weighted by atomic mass is 10.1. The molecule has 0 fully saturated rings. The zero-order chi connectivity index (χ0) is 19.4. The second-order valence-electron chi connectivity index (χ2n) is 6.11. The lowest BCUT2D eigenvalue weighted by Gasteiger charge is -2.19. The molecular weight excluding hydrogens is 369 g/mol. The molecule has 0 bridgehead atoms.